The molecule has 0 bridgehead atoms. The number of fused-ring (bicyclic) bond motifs is 1. The highest BCUT2D eigenvalue weighted by Crippen LogP contribution is 2.40. The van der Waals surface area contributed by atoms with Crippen molar-refractivity contribution < 1.29 is 0 Å². The molecule has 3 rings (SSSR count). The first-order chi connectivity index (χ1) is 9.22. The number of nitrogens with zero attached hydrogens (tertiary/aromatic N) is 2. The van der Waals surface area contributed by atoms with Crippen LogP contribution in [-0.2, 0) is 13.6 Å². The Morgan fingerprint density at radius 3 is 2.74 bits per heavy atom. The molecule has 1 aromatic heterocycles. The van der Waals surface area contributed by atoms with E-state index in [1.807, 2.05) is 11.7 Å². The third kappa shape index (κ3) is 3.02. The first-order valence-corrected chi connectivity index (χ1v) is 7.95. The Morgan fingerprint density at radius 1 is 1.21 bits per heavy atom. The largest absolute Gasteiger partial charge is 0.310 e. The van der Waals surface area contributed by atoms with Crippen molar-refractivity contribution in [1.29, 1.82) is 0 Å². The molecule has 0 amide bonds. The summed E-state index contributed by atoms with van der Waals surface area (Å²) in [6.07, 6.45) is 12.3. The number of nitrogens with one attached hydrogen (secondary N) is 1. The fourth-order valence-corrected chi connectivity index (χ4v) is 4.14. The van der Waals surface area contributed by atoms with Gasteiger partial charge < -0.3 is 5.32 Å². The molecule has 2 aliphatic carbocycles. The second-order valence-corrected chi connectivity index (χ2v) is 6.61. The van der Waals surface area contributed by atoms with Crippen molar-refractivity contribution in [2.45, 2.75) is 64.5 Å². The van der Waals surface area contributed by atoms with Crippen LogP contribution in [0.15, 0.2) is 6.20 Å². The van der Waals surface area contributed by atoms with Crippen LogP contribution in [0.3, 0.4) is 0 Å². The second-order valence-electron chi connectivity index (χ2n) is 6.61. The summed E-state index contributed by atoms with van der Waals surface area (Å²) in [6, 6.07) is 0.735. The Hall–Kier alpha value is -0.830. The van der Waals surface area contributed by atoms with Gasteiger partial charge in [-0.05, 0) is 38.0 Å². The summed E-state index contributed by atoms with van der Waals surface area (Å²) in [5.41, 5.74) is 2.52. The molecule has 1 N–H and O–H groups in total. The molecule has 2 aliphatic rings. The normalized spacial score (nSPS) is 31.2. The zero-order chi connectivity index (χ0) is 13.2. The zero-order valence-electron chi connectivity index (χ0n) is 12.4. The van der Waals surface area contributed by atoms with E-state index in [2.05, 4.69) is 23.5 Å². The maximum Gasteiger partial charge on any atom is 0.0638 e. The van der Waals surface area contributed by atoms with Crippen LogP contribution in [0, 0.1) is 18.8 Å². The Kier molecular flexibility index (Phi) is 3.92. The molecule has 2 saturated carbocycles. The first-order valence-electron chi connectivity index (χ1n) is 7.95. The molecule has 2 fully saturated rings. The minimum absolute atomic E-state index is 0.735. The van der Waals surface area contributed by atoms with E-state index < -0.39 is 0 Å². The van der Waals surface area contributed by atoms with E-state index in [0.717, 1.165) is 24.4 Å². The molecule has 1 heterocycles. The molecular formula is C16H27N3. The van der Waals surface area contributed by atoms with Crippen molar-refractivity contribution in [2.24, 2.45) is 18.9 Å². The molecule has 3 heteroatoms. The highest BCUT2D eigenvalue weighted by molar-refractivity contribution is 5.15. The minimum Gasteiger partial charge on any atom is -0.310 e. The van der Waals surface area contributed by atoms with Gasteiger partial charge in [-0.3, -0.25) is 4.68 Å². The van der Waals surface area contributed by atoms with Gasteiger partial charge in [0.1, 0.15) is 0 Å². The van der Waals surface area contributed by atoms with Crippen molar-refractivity contribution in [3.63, 3.8) is 0 Å². The van der Waals surface area contributed by atoms with Crippen LogP contribution < -0.4 is 5.32 Å². The molecular weight excluding hydrogens is 234 g/mol. The molecule has 0 aliphatic heterocycles. The van der Waals surface area contributed by atoms with Gasteiger partial charge in [0.15, 0.2) is 0 Å². The van der Waals surface area contributed by atoms with E-state index in [-0.39, 0.29) is 0 Å². The summed E-state index contributed by atoms with van der Waals surface area (Å²) in [7, 11) is 2.00. The lowest BCUT2D eigenvalue weighted by atomic mass is 9.69. The summed E-state index contributed by atoms with van der Waals surface area (Å²) in [5.74, 6) is 2.06. The summed E-state index contributed by atoms with van der Waals surface area (Å²) >= 11 is 0. The molecule has 3 unspecified atom stereocenters. The van der Waals surface area contributed by atoms with E-state index in [4.69, 9.17) is 0 Å². The zero-order valence-corrected chi connectivity index (χ0v) is 12.4. The summed E-state index contributed by atoms with van der Waals surface area (Å²) in [6.45, 7) is 3.09. The lowest BCUT2D eigenvalue weighted by molar-refractivity contribution is 0.143. The van der Waals surface area contributed by atoms with Gasteiger partial charge in [-0.15, -0.1) is 0 Å². The van der Waals surface area contributed by atoms with Crippen molar-refractivity contribution in [3.8, 4) is 0 Å². The maximum atomic E-state index is 4.42. The standard InChI is InChI=1S/C16H27N3/c1-12-15(11-19(2)18-12)10-17-16-8-7-13-5-3-4-6-14(13)9-16/h11,13-14,16-17H,3-10H2,1-2H3. The smallest absolute Gasteiger partial charge is 0.0638 e. The van der Waals surface area contributed by atoms with Crippen LogP contribution in [0.2, 0.25) is 0 Å². The first kappa shape index (κ1) is 13.2. The molecule has 0 aromatic carbocycles. The van der Waals surface area contributed by atoms with Crippen LogP contribution in [0.5, 0.6) is 0 Å². The van der Waals surface area contributed by atoms with Gasteiger partial charge in [0.25, 0.3) is 0 Å². The van der Waals surface area contributed by atoms with E-state index in [1.54, 1.807) is 0 Å². The van der Waals surface area contributed by atoms with E-state index in [9.17, 15) is 0 Å². The predicted molar refractivity (Wildman–Crippen MR) is 77.9 cm³/mol. The van der Waals surface area contributed by atoms with Gasteiger partial charge in [0.2, 0.25) is 0 Å². The summed E-state index contributed by atoms with van der Waals surface area (Å²) in [5, 5.41) is 8.19. The number of hydrogen-bond donors (Lipinski definition) is 1. The fraction of sp³-hybridized carbons (Fsp3) is 0.812. The van der Waals surface area contributed by atoms with Crippen LogP contribution >= 0.6 is 0 Å². The monoisotopic (exact) mass is 261 g/mol. The number of aryl methyl sites for hydroxylation is 2. The van der Waals surface area contributed by atoms with E-state index in [0.29, 0.717) is 0 Å². The third-order valence-electron chi connectivity index (χ3n) is 5.24. The SMILES string of the molecule is Cc1nn(C)cc1CNC1CCC2CCCCC2C1. The Morgan fingerprint density at radius 2 is 2.00 bits per heavy atom. The van der Waals surface area contributed by atoms with Crippen LogP contribution in [-0.4, -0.2) is 15.8 Å². The Labute approximate surface area is 116 Å². The molecule has 0 radical (unpaired) electrons. The molecule has 3 atom stereocenters. The lowest BCUT2D eigenvalue weighted by Crippen LogP contribution is -2.38. The molecule has 0 saturated heterocycles. The lowest BCUT2D eigenvalue weighted by Gasteiger charge is -2.39. The van der Waals surface area contributed by atoms with Crippen LogP contribution in [0.4, 0.5) is 0 Å². The van der Waals surface area contributed by atoms with Gasteiger partial charge in [-0.25, -0.2) is 0 Å². The molecule has 3 nitrogen and oxygen atoms in total. The third-order valence-corrected chi connectivity index (χ3v) is 5.24. The quantitative estimate of drug-likeness (QED) is 0.905. The van der Waals surface area contributed by atoms with Gasteiger partial charge in [-0.1, -0.05) is 25.7 Å². The maximum absolute atomic E-state index is 4.42. The average molecular weight is 261 g/mol. The highest BCUT2D eigenvalue weighted by atomic mass is 15.2. The number of aromatic nitrogens is 2. The molecule has 1 aromatic rings. The van der Waals surface area contributed by atoms with Crippen molar-refractivity contribution >= 4 is 0 Å². The second kappa shape index (κ2) is 5.66. The average Bonchev–Trinajstić information content (AvgIpc) is 2.74. The number of hydrogen-bond acceptors (Lipinski definition) is 2. The van der Waals surface area contributed by atoms with Crippen molar-refractivity contribution in [3.05, 3.63) is 17.5 Å². The van der Waals surface area contributed by atoms with E-state index >= 15 is 0 Å². The van der Waals surface area contributed by atoms with Crippen LogP contribution in [0.1, 0.15) is 56.2 Å². The Balaban J connectivity index is 1.52. The van der Waals surface area contributed by atoms with Crippen molar-refractivity contribution in [2.75, 3.05) is 0 Å². The topological polar surface area (TPSA) is 29.9 Å². The summed E-state index contributed by atoms with van der Waals surface area (Å²) < 4.78 is 1.92. The predicted octanol–water partition coefficient (Wildman–Crippen LogP) is 3.18. The summed E-state index contributed by atoms with van der Waals surface area (Å²) in [4.78, 5) is 0. The molecule has 0 spiro atoms. The van der Waals surface area contributed by atoms with Crippen molar-refractivity contribution in [1.82, 2.24) is 15.1 Å². The molecule has 19 heavy (non-hydrogen) atoms. The van der Waals surface area contributed by atoms with E-state index in [1.165, 1.54) is 56.2 Å². The van der Waals surface area contributed by atoms with Gasteiger partial charge >= 0.3 is 0 Å². The molecule has 106 valence electrons. The van der Waals surface area contributed by atoms with Gasteiger partial charge in [0.05, 0.1) is 5.69 Å². The Bertz CT molecular complexity index is 424. The highest BCUT2D eigenvalue weighted by Gasteiger charge is 2.31. The fourth-order valence-electron chi connectivity index (χ4n) is 4.14. The van der Waals surface area contributed by atoms with Gasteiger partial charge in [-0.2, -0.15) is 5.10 Å². The number of rotatable bonds is 3. The minimum atomic E-state index is 0.735. The van der Waals surface area contributed by atoms with Crippen LogP contribution in [0.25, 0.3) is 0 Å². The van der Waals surface area contributed by atoms with Gasteiger partial charge in [0, 0.05) is 31.4 Å².